The smallest absolute Gasteiger partial charge is 0.297 e. The van der Waals surface area contributed by atoms with Crippen molar-refractivity contribution in [2.75, 3.05) is 47.0 Å². The second-order valence-electron chi connectivity index (χ2n) is 14.5. The summed E-state index contributed by atoms with van der Waals surface area (Å²) in [6, 6.07) is 20.1. The predicted octanol–water partition coefficient (Wildman–Crippen LogP) is 6.02. The van der Waals surface area contributed by atoms with Crippen LogP contribution in [-0.4, -0.2) is 102 Å². The number of methoxy groups -OCH3 is 2. The first kappa shape index (κ1) is 37.8. The molecule has 51 heavy (non-hydrogen) atoms. The van der Waals surface area contributed by atoms with Gasteiger partial charge in [0.2, 0.25) is 0 Å². The van der Waals surface area contributed by atoms with E-state index in [0.717, 1.165) is 62.3 Å². The van der Waals surface area contributed by atoms with Crippen LogP contribution >= 0.6 is 0 Å². The number of rotatable bonds is 10. The highest BCUT2D eigenvalue weighted by molar-refractivity contribution is 7.86. The quantitative estimate of drug-likeness (QED) is 0.234. The molecule has 0 unspecified atom stereocenters. The van der Waals surface area contributed by atoms with E-state index < -0.39 is 10.1 Å². The Balaban J connectivity index is 0.000000193. The van der Waals surface area contributed by atoms with Crippen LogP contribution in [0.3, 0.4) is 0 Å². The Morgan fingerprint density at radius 2 is 1.25 bits per heavy atom. The monoisotopic (exact) mass is 720 g/mol. The SMILES string of the molecule is CCCN1C[C@H](C)O[C@@H]2Cc3c(cccc3OC)C[C@H]21.CCCN1C[C@H](COS(=O)(=O)c2ccc(C)cc2)O[C@@H]2Cc3c(cccc3OC)C[C@H]21. The Hall–Kier alpha value is -2.99. The van der Waals surface area contributed by atoms with Crippen LogP contribution in [0, 0.1) is 6.92 Å². The normalized spacial score (nSPS) is 26.1. The standard InChI is InChI=1S/C24H31NO5S.C17H25NO2/c1-4-12-25-15-19(16-29-31(26,27)20-10-8-17(2)9-11-20)30-24-14-21-18(13-22(24)25)6-5-7-23(21)28-3;1-4-8-18-11-12(2)20-17-10-14-13(9-15(17)18)6-5-7-16(14)19-3/h5-11,19,22,24H,4,12-16H2,1-3H3;5-7,12,15,17H,4,8-11H2,1-3H3/t19-,22-,24-;12-,15+,17+/m10/s1. The lowest BCUT2D eigenvalue weighted by Crippen LogP contribution is -2.59. The van der Waals surface area contributed by atoms with E-state index >= 15 is 0 Å². The lowest BCUT2D eigenvalue weighted by atomic mass is 9.83. The molecule has 3 aromatic carbocycles. The molecular weight excluding hydrogens is 665 g/mol. The summed E-state index contributed by atoms with van der Waals surface area (Å²) in [5.74, 6) is 1.91. The molecule has 7 rings (SSSR count). The van der Waals surface area contributed by atoms with Crippen molar-refractivity contribution >= 4 is 10.1 Å². The zero-order chi connectivity index (χ0) is 36.1. The minimum atomic E-state index is -3.81. The summed E-state index contributed by atoms with van der Waals surface area (Å²) in [5.41, 5.74) is 6.29. The molecule has 0 aromatic heterocycles. The first-order valence-electron chi connectivity index (χ1n) is 18.7. The van der Waals surface area contributed by atoms with E-state index in [1.165, 1.54) is 35.2 Å². The molecule has 0 spiro atoms. The van der Waals surface area contributed by atoms with Gasteiger partial charge in [0.1, 0.15) is 11.5 Å². The predicted molar refractivity (Wildman–Crippen MR) is 199 cm³/mol. The van der Waals surface area contributed by atoms with Crippen LogP contribution in [0.15, 0.2) is 65.6 Å². The molecule has 2 aliphatic carbocycles. The molecule has 2 fully saturated rings. The van der Waals surface area contributed by atoms with Crippen molar-refractivity contribution in [1.82, 2.24) is 9.80 Å². The summed E-state index contributed by atoms with van der Waals surface area (Å²) in [6.07, 6.45) is 6.30. The van der Waals surface area contributed by atoms with Crippen molar-refractivity contribution in [1.29, 1.82) is 0 Å². The average molecular weight is 721 g/mol. The van der Waals surface area contributed by atoms with Crippen molar-refractivity contribution in [3.8, 4) is 11.5 Å². The van der Waals surface area contributed by atoms with E-state index in [1.54, 1.807) is 38.5 Å². The molecule has 10 heteroatoms. The molecule has 2 heterocycles. The molecule has 0 bridgehead atoms. The Morgan fingerprint density at radius 1 is 0.725 bits per heavy atom. The molecule has 278 valence electrons. The number of aryl methyl sites for hydroxylation is 1. The molecule has 0 radical (unpaired) electrons. The summed E-state index contributed by atoms with van der Waals surface area (Å²) in [7, 11) is -0.360. The van der Waals surface area contributed by atoms with E-state index in [2.05, 4.69) is 54.8 Å². The number of hydrogen-bond acceptors (Lipinski definition) is 9. The van der Waals surface area contributed by atoms with Gasteiger partial charge >= 0.3 is 0 Å². The van der Waals surface area contributed by atoms with Gasteiger partial charge in [-0.05, 0) is 99.1 Å². The first-order valence-corrected chi connectivity index (χ1v) is 20.1. The topological polar surface area (TPSA) is 86.8 Å². The molecule has 2 saturated heterocycles. The average Bonchev–Trinajstić information content (AvgIpc) is 3.13. The summed E-state index contributed by atoms with van der Waals surface area (Å²) in [6.45, 7) is 12.4. The van der Waals surface area contributed by atoms with Crippen LogP contribution in [-0.2, 0) is 49.5 Å². The second-order valence-corrected chi connectivity index (χ2v) is 16.1. The maximum Gasteiger partial charge on any atom is 0.297 e. The van der Waals surface area contributed by atoms with E-state index in [1.807, 2.05) is 19.1 Å². The van der Waals surface area contributed by atoms with Crippen molar-refractivity contribution in [2.24, 2.45) is 0 Å². The van der Waals surface area contributed by atoms with E-state index in [9.17, 15) is 8.42 Å². The maximum absolute atomic E-state index is 12.6. The first-order chi connectivity index (χ1) is 24.6. The van der Waals surface area contributed by atoms with Crippen molar-refractivity contribution < 1.29 is 31.5 Å². The van der Waals surface area contributed by atoms with Gasteiger partial charge in [-0.15, -0.1) is 0 Å². The molecule has 6 atom stereocenters. The molecule has 4 aliphatic rings. The third-order valence-corrected chi connectivity index (χ3v) is 12.1. The van der Waals surface area contributed by atoms with Gasteiger partial charge < -0.3 is 18.9 Å². The summed E-state index contributed by atoms with van der Waals surface area (Å²) < 4.78 is 54.3. The fourth-order valence-electron chi connectivity index (χ4n) is 8.46. The van der Waals surface area contributed by atoms with Gasteiger partial charge in [0, 0.05) is 38.0 Å². The number of nitrogens with zero attached hydrogens (tertiary/aromatic N) is 2. The van der Waals surface area contributed by atoms with Crippen LogP contribution < -0.4 is 9.47 Å². The summed E-state index contributed by atoms with van der Waals surface area (Å²) >= 11 is 0. The van der Waals surface area contributed by atoms with E-state index in [-0.39, 0.29) is 29.8 Å². The van der Waals surface area contributed by atoms with Crippen LogP contribution in [0.25, 0.3) is 0 Å². The van der Waals surface area contributed by atoms with E-state index in [0.29, 0.717) is 24.8 Å². The van der Waals surface area contributed by atoms with Gasteiger partial charge in [-0.25, -0.2) is 0 Å². The molecule has 2 aliphatic heterocycles. The number of ether oxygens (including phenoxy) is 4. The zero-order valence-corrected chi connectivity index (χ0v) is 32.0. The number of morpholine rings is 2. The highest BCUT2D eigenvalue weighted by Crippen LogP contribution is 2.37. The van der Waals surface area contributed by atoms with Crippen LogP contribution in [0.2, 0.25) is 0 Å². The minimum Gasteiger partial charge on any atom is -0.496 e. The number of benzene rings is 3. The fraction of sp³-hybridized carbons (Fsp3) is 0.561. The van der Waals surface area contributed by atoms with Gasteiger partial charge in [0.15, 0.2) is 0 Å². The van der Waals surface area contributed by atoms with Crippen LogP contribution in [0.5, 0.6) is 11.5 Å². The third-order valence-electron chi connectivity index (χ3n) is 10.8. The maximum atomic E-state index is 12.6. The fourth-order valence-corrected chi connectivity index (χ4v) is 9.39. The molecule has 3 aromatic rings. The van der Waals surface area contributed by atoms with Gasteiger partial charge in [-0.1, -0.05) is 55.8 Å². The Kier molecular flexibility index (Phi) is 12.4. The number of fused-ring (bicyclic) bond motifs is 4. The van der Waals surface area contributed by atoms with Crippen LogP contribution in [0.4, 0.5) is 0 Å². The zero-order valence-electron chi connectivity index (χ0n) is 31.2. The highest BCUT2D eigenvalue weighted by atomic mass is 32.2. The largest absolute Gasteiger partial charge is 0.496 e. The Morgan fingerprint density at radius 3 is 1.78 bits per heavy atom. The Bertz CT molecular complexity index is 1720. The van der Waals surface area contributed by atoms with Gasteiger partial charge in [-0.3, -0.25) is 14.0 Å². The number of hydrogen-bond donors (Lipinski definition) is 0. The third kappa shape index (κ3) is 8.64. The minimum absolute atomic E-state index is 0.0123. The molecular formula is C41H56N2O7S. The van der Waals surface area contributed by atoms with Gasteiger partial charge in [0.05, 0.1) is 50.1 Å². The molecule has 0 N–H and O–H groups in total. The molecule has 0 amide bonds. The van der Waals surface area contributed by atoms with Gasteiger partial charge in [0.25, 0.3) is 10.1 Å². The molecule has 9 nitrogen and oxygen atoms in total. The molecule has 0 saturated carbocycles. The van der Waals surface area contributed by atoms with Crippen LogP contribution in [0.1, 0.15) is 61.4 Å². The lowest BCUT2D eigenvalue weighted by Gasteiger charge is -2.47. The van der Waals surface area contributed by atoms with Crippen molar-refractivity contribution in [3.05, 3.63) is 88.5 Å². The Labute approximate surface area is 305 Å². The van der Waals surface area contributed by atoms with E-state index in [4.69, 9.17) is 23.1 Å². The summed E-state index contributed by atoms with van der Waals surface area (Å²) in [5, 5.41) is 0. The summed E-state index contributed by atoms with van der Waals surface area (Å²) in [4.78, 5) is 5.23. The lowest BCUT2D eigenvalue weighted by molar-refractivity contribution is -0.132. The van der Waals surface area contributed by atoms with Gasteiger partial charge in [-0.2, -0.15) is 8.42 Å². The van der Waals surface area contributed by atoms with Crippen molar-refractivity contribution in [3.63, 3.8) is 0 Å². The highest BCUT2D eigenvalue weighted by Gasteiger charge is 2.41. The second kappa shape index (κ2) is 16.8. The van der Waals surface area contributed by atoms with Crippen molar-refractivity contribution in [2.45, 2.75) is 108 Å².